The number of hydrogen-bond acceptors (Lipinski definition) is 2. The van der Waals surface area contributed by atoms with Crippen molar-refractivity contribution in [3.05, 3.63) is 25.3 Å². The van der Waals surface area contributed by atoms with Crippen LogP contribution in [0.25, 0.3) is 0 Å². The Morgan fingerprint density at radius 1 is 0.476 bits per heavy atom. The highest BCUT2D eigenvalue weighted by Gasteiger charge is 1.97. The molecule has 1 amide bonds. The van der Waals surface area contributed by atoms with E-state index in [0.29, 0.717) is 12.8 Å². The van der Waals surface area contributed by atoms with Gasteiger partial charge in [0.2, 0.25) is 5.91 Å². The first kappa shape index (κ1) is 44.9. The second-order valence-corrected chi connectivity index (χ2v) is 11.9. The fourth-order valence-corrected chi connectivity index (χ4v) is 5.02. The highest BCUT2D eigenvalue weighted by molar-refractivity contribution is 5.73. The molecule has 42 heavy (non-hydrogen) atoms. The van der Waals surface area contributed by atoms with Gasteiger partial charge < -0.3 is 10.8 Å². The van der Waals surface area contributed by atoms with E-state index < -0.39 is 5.97 Å². The summed E-state index contributed by atoms with van der Waals surface area (Å²) in [5.74, 6) is -0.817. The molecule has 0 aliphatic rings. The summed E-state index contributed by atoms with van der Waals surface area (Å²) in [6, 6.07) is 0. The van der Waals surface area contributed by atoms with Crippen molar-refractivity contribution in [1.82, 2.24) is 0 Å². The minimum absolute atomic E-state index is 0.164. The molecule has 0 heterocycles. The number of rotatable bonds is 31. The third-order valence-electron chi connectivity index (χ3n) is 7.68. The van der Waals surface area contributed by atoms with Crippen molar-refractivity contribution in [2.45, 2.75) is 206 Å². The monoisotopic (exact) mass is 594 g/mol. The standard InChI is InChI=1S/C18H35NO.C18H36O2.C2H4/c2*1-2-3-4-5-6-7-8-9-10-11-12-13-14-15-16-17-18(19)20;1-2/h9-10H,2-8,11-17H2,1H3,(H2,19,20);2-17H2,1H3,(H,19,20);1-2H2/b10-9-;;. The van der Waals surface area contributed by atoms with E-state index in [4.69, 9.17) is 10.8 Å². The number of allylic oxidation sites excluding steroid dienone is 2. The summed E-state index contributed by atoms with van der Waals surface area (Å²) in [4.78, 5) is 20.9. The average molecular weight is 594 g/mol. The second-order valence-electron chi connectivity index (χ2n) is 11.9. The smallest absolute Gasteiger partial charge is 0.303 e. The molecule has 0 aromatic carbocycles. The SMILES string of the molecule is C=C.CCCCCCCC/C=C\CCCCCCCC(N)=O.CCCCCCCCCCCCCCCCCC(=O)O. The molecule has 0 aromatic rings. The molecule has 0 aliphatic heterocycles. The maximum atomic E-state index is 10.5. The van der Waals surface area contributed by atoms with Crippen LogP contribution < -0.4 is 5.73 Å². The lowest BCUT2D eigenvalue weighted by molar-refractivity contribution is -0.137. The van der Waals surface area contributed by atoms with E-state index >= 15 is 0 Å². The molecule has 0 bridgehead atoms. The number of carbonyl (C=O) groups excluding carboxylic acids is 1. The van der Waals surface area contributed by atoms with Crippen LogP contribution in [0.1, 0.15) is 206 Å². The van der Waals surface area contributed by atoms with Crippen LogP contribution in [0.5, 0.6) is 0 Å². The van der Waals surface area contributed by atoms with Crippen LogP contribution in [0.15, 0.2) is 25.3 Å². The van der Waals surface area contributed by atoms with Crippen molar-refractivity contribution < 1.29 is 14.7 Å². The molecule has 4 nitrogen and oxygen atoms in total. The lowest BCUT2D eigenvalue weighted by Gasteiger charge is -2.03. The van der Waals surface area contributed by atoms with Crippen LogP contribution in [0, 0.1) is 0 Å². The van der Waals surface area contributed by atoms with Crippen LogP contribution in [0.3, 0.4) is 0 Å². The van der Waals surface area contributed by atoms with E-state index in [1.54, 1.807) is 0 Å². The zero-order valence-electron chi connectivity index (χ0n) is 28.6. The van der Waals surface area contributed by atoms with Crippen LogP contribution in [-0.4, -0.2) is 17.0 Å². The number of nitrogens with two attached hydrogens (primary N) is 1. The van der Waals surface area contributed by atoms with Gasteiger partial charge in [-0.1, -0.05) is 167 Å². The van der Waals surface area contributed by atoms with Crippen LogP contribution in [-0.2, 0) is 9.59 Å². The number of carbonyl (C=O) groups is 2. The molecule has 0 saturated carbocycles. The maximum Gasteiger partial charge on any atom is 0.303 e. The van der Waals surface area contributed by atoms with Crippen LogP contribution >= 0.6 is 0 Å². The fourth-order valence-electron chi connectivity index (χ4n) is 5.02. The number of unbranched alkanes of at least 4 members (excludes halogenated alkanes) is 25. The second kappa shape index (κ2) is 43.9. The molecule has 3 N–H and O–H groups in total. The van der Waals surface area contributed by atoms with Crippen molar-refractivity contribution in [3.63, 3.8) is 0 Å². The zero-order valence-corrected chi connectivity index (χ0v) is 28.6. The molecule has 0 spiro atoms. The molecular weight excluding hydrogens is 518 g/mol. The van der Waals surface area contributed by atoms with Gasteiger partial charge in [0.15, 0.2) is 0 Å². The molecule has 0 aromatic heterocycles. The van der Waals surface area contributed by atoms with Crippen molar-refractivity contribution in [2.24, 2.45) is 5.73 Å². The highest BCUT2D eigenvalue weighted by atomic mass is 16.4. The molecule has 0 radical (unpaired) electrons. The minimum Gasteiger partial charge on any atom is -0.481 e. The molecule has 0 rings (SSSR count). The van der Waals surface area contributed by atoms with E-state index in [9.17, 15) is 9.59 Å². The molecule has 0 aliphatic carbocycles. The molecule has 0 saturated heterocycles. The summed E-state index contributed by atoms with van der Waals surface area (Å²) in [7, 11) is 0. The van der Waals surface area contributed by atoms with Gasteiger partial charge in [-0.15, -0.1) is 13.2 Å². The maximum absolute atomic E-state index is 10.5. The number of hydrogen-bond donors (Lipinski definition) is 2. The highest BCUT2D eigenvalue weighted by Crippen LogP contribution is 2.14. The normalized spacial score (nSPS) is 10.6. The number of carboxylic acids is 1. The van der Waals surface area contributed by atoms with E-state index in [-0.39, 0.29) is 5.91 Å². The van der Waals surface area contributed by atoms with Crippen molar-refractivity contribution in [2.75, 3.05) is 0 Å². The fraction of sp³-hybridized carbons (Fsp3) is 0.842. The molecule has 0 atom stereocenters. The number of amides is 1. The summed E-state index contributed by atoms with van der Waals surface area (Å²) in [5.41, 5.74) is 5.10. The average Bonchev–Trinajstić information content (AvgIpc) is 2.98. The summed E-state index contributed by atoms with van der Waals surface area (Å²) >= 11 is 0. The first-order chi connectivity index (χ1) is 20.5. The van der Waals surface area contributed by atoms with Gasteiger partial charge in [-0.2, -0.15) is 0 Å². The van der Waals surface area contributed by atoms with Crippen molar-refractivity contribution in [1.29, 1.82) is 0 Å². The van der Waals surface area contributed by atoms with Gasteiger partial charge in [-0.25, -0.2) is 0 Å². The van der Waals surface area contributed by atoms with E-state index in [0.717, 1.165) is 25.7 Å². The Labute approximate surface area is 263 Å². The van der Waals surface area contributed by atoms with Gasteiger partial charge in [0.1, 0.15) is 0 Å². The van der Waals surface area contributed by atoms with Gasteiger partial charge in [0.25, 0.3) is 0 Å². The zero-order chi connectivity index (χ0) is 31.8. The third kappa shape index (κ3) is 51.2. The topological polar surface area (TPSA) is 80.4 Å². The van der Waals surface area contributed by atoms with Crippen molar-refractivity contribution >= 4 is 11.9 Å². The lowest BCUT2D eigenvalue weighted by Crippen LogP contribution is -2.09. The predicted octanol–water partition coefficient (Wildman–Crippen LogP) is 12.6. The number of aliphatic carboxylic acids is 1. The molecule has 0 fully saturated rings. The number of primary amides is 1. The Balaban J connectivity index is -0.000000683. The molecular formula is C38H75NO3. The number of carboxylic acid groups (broad SMARTS) is 1. The quantitative estimate of drug-likeness (QED) is 0.0619. The van der Waals surface area contributed by atoms with Crippen LogP contribution in [0.2, 0.25) is 0 Å². The van der Waals surface area contributed by atoms with Gasteiger partial charge in [0.05, 0.1) is 0 Å². The molecule has 4 heteroatoms. The van der Waals surface area contributed by atoms with Gasteiger partial charge in [-0.3, -0.25) is 9.59 Å². The molecule has 0 unspecified atom stereocenters. The van der Waals surface area contributed by atoms with E-state index in [2.05, 4.69) is 39.2 Å². The Bertz CT molecular complexity index is 546. The van der Waals surface area contributed by atoms with Gasteiger partial charge >= 0.3 is 5.97 Å². The van der Waals surface area contributed by atoms with Crippen molar-refractivity contribution in [3.8, 4) is 0 Å². The van der Waals surface area contributed by atoms with Gasteiger partial charge in [-0.05, 0) is 38.5 Å². The summed E-state index contributed by atoms with van der Waals surface area (Å²) in [5, 5.41) is 8.52. The lowest BCUT2D eigenvalue weighted by atomic mass is 10.0. The largest absolute Gasteiger partial charge is 0.481 e. The summed E-state index contributed by atoms with van der Waals surface area (Å²) < 4.78 is 0. The van der Waals surface area contributed by atoms with E-state index in [1.807, 2.05) is 0 Å². The predicted molar refractivity (Wildman–Crippen MR) is 187 cm³/mol. The molecule has 250 valence electrons. The van der Waals surface area contributed by atoms with Crippen LogP contribution in [0.4, 0.5) is 0 Å². The Hall–Kier alpha value is -1.58. The summed E-state index contributed by atoms with van der Waals surface area (Å²) in [6.07, 6.45) is 42.1. The Morgan fingerprint density at radius 2 is 0.738 bits per heavy atom. The summed E-state index contributed by atoms with van der Waals surface area (Å²) in [6.45, 7) is 10.5. The first-order valence-corrected chi connectivity index (χ1v) is 18.2. The minimum atomic E-state index is -0.653. The Morgan fingerprint density at radius 3 is 1.02 bits per heavy atom. The first-order valence-electron chi connectivity index (χ1n) is 18.2. The van der Waals surface area contributed by atoms with Gasteiger partial charge in [0, 0.05) is 12.8 Å². The third-order valence-corrected chi connectivity index (χ3v) is 7.68. The Kier molecular flexibility index (Phi) is 46.9. The van der Waals surface area contributed by atoms with E-state index in [1.165, 1.54) is 154 Å².